The predicted molar refractivity (Wildman–Crippen MR) is 106 cm³/mol. The minimum atomic E-state index is 0.0664. The van der Waals surface area contributed by atoms with Gasteiger partial charge in [0, 0.05) is 11.1 Å². The summed E-state index contributed by atoms with van der Waals surface area (Å²) in [5, 5.41) is 9.16. The lowest BCUT2D eigenvalue weighted by Gasteiger charge is -2.15. The summed E-state index contributed by atoms with van der Waals surface area (Å²) in [6.07, 6.45) is 5.49. The highest BCUT2D eigenvalue weighted by molar-refractivity contribution is 7.96. The van der Waals surface area contributed by atoms with Crippen molar-refractivity contribution in [3.8, 4) is 11.5 Å². The fourth-order valence-electron chi connectivity index (χ4n) is 3.51. The highest BCUT2D eigenvalue weighted by atomic mass is 32.2. The molecule has 0 radical (unpaired) electrons. The van der Waals surface area contributed by atoms with Crippen LogP contribution in [0.15, 0.2) is 12.1 Å². The van der Waals surface area contributed by atoms with Crippen molar-refractivity contribution in [2.24, 2.45) is 0 Å². The van der Waals surface area contributed by atoms with E-state index in [1.165, 1.54) is 59.8 Å². The molecule has 3 rings (SSSR count). The van der Waals surface area contributed by atoms with Crippen molar-refractivity contribution in [3.63, 3.8) is 0 Å². The van der Waals surface area contributed by atoms with E-state index in [2.05, 4.69) is 12.1 Å². The zero-order chi connectivity index (χ0) is 16.8. The summed E-state index contributed by atoms with van der Waals surface area (Å²) in [7, 11) is 2.78. The third kappa shape index (κ3) is 4.77. The van der Waals surface area contributed by atoms with Gasteiger partial charge in [-0.05, 0) is 59.6 Å². The molecule has 1 aromatic rings. The van der Waals surface area contributed by atoms with Gasteiger partial charge in [0.1, 0.15) is 52.6 Å². The Morgan fingerprint density at radius 1 is 0.875 bits per heavy atom. The number of aliphatic hydroxyl groups excluding tert-OH is 1. The number of benzene rings is 1. The topological polar surface area (TPSA) is 38.7 Å². The second-order valence-electron chi connectivity index (χ2n) is 6.59. The molecule has 0 aromatic heterocycles. The van der Waals surface area contributed by atoms with Gasteiger partial charge in [-0.25, -0.2) is 0 Å². The second kappa shape index (κ2) is 9.25. The fourth-order valence-corrected chi connectivity index (χ4v) is 8.27. The van der Waals surface area contributed by atoms with Gasteiger partial charge in [0.05, 0.1) is 13.7 Å². The smallest absolute Gasteiger partial charge is 0.136 e. The Kier molecular flexibility index (Phi) is 7.05. The predicted octanol–water partition coefficient (Wildman–Crippen LogP) is 2.89. The first kappa shape index (κ1) is 18.3. The van der Waals surface area contributed by atoms with Crippen LogP contribution in [-0.4, -0.2) is 48.4 Å². The maximum Gasteiger partial charge on any atom is 0.136 e. The summed E-state index contributed by atoms with van der Waals surface area (Å²) in [5.74, 6) is 9.65. The molecule has 2 heterocycles. The van der Waals surface area contributed by atoms with Crippen molar-refractivity contribution >= 4 is 21.8 Å². The Balaban J connectivity index is 1.82. The number of rotatable bonds is 8. The zero-order valence-electron chi connectivity index (χ0n) is 14.7. The molecule has 2 fully saturated rings. The van der Waals surface area contributed by atoms with Crippen molar-refractivity contribution in [1.29, 1.82) is 0 Å². The highest BCUT2D eigenvalue weighted by Gasteiger charge is 2.29. The van der Waals surface area contributed by atoms with Crippen LogP contribution in [-0.2, 0) is 33.3 Å². The number of hydrogen-bond acceptors (Lipinski definition) is 3. The maximum absolute atomic E-state index is 9.16. The molecule has 24 heavy (non-hydrogen) atoms. The van der Waals surface area contributed by atoms with Gasteiger partial charge in [0.25, 0.3) is 0 Å². The lowest BCUT2D eigenvalue weighted by Crippen LogP contribution is -2.12. The van der Waals surface area contributed by atoms with Crippen LogP contribution in [0.25, 0.3) is 0 Å². The van der Waals surface area contributed by atoms with Crippen LogP contribution in [0.2, 0.25) is 0 Å². The van der Waals surface area contributed by atoms with Crippen molar-refractivity contribution < 1.29 is 14.6 Å². The van der Waals surface area contributed by atoms with Crippen LogP contribution in [0, 0.1) is 0 Å². The molecule has 0 atom stereocenters. The number of methoxy groups -OCH3 is 1. The van der Waals surface area contributed by atoms with Crippen LogP contribution in [0.5, 0.6) is 11.5 Å². The Morgan fingerprint density at radius 3 is 1.88 bits per heavy atom. The minimum absolute atomic E-state index is 0.0664. The third-order valence-corrected chi connectivity index (χ3v) is 9.67. The van der Waals surface area contributed by atoms with Crippen LogP contribution >= 0.6 is 0 Å². The Bertz CT molecular complexity index is 524. The average Bonchev–Trinajstić information content (AvgIpc) is 3.28. The van der Waals surface area contributed by atoms with Crippen LogP contribution in [0.1, 0.15) is 36.8 Å². The van der Waals surface area contributed by atoms with E-state index in [0.717, 1.165) is 23.0 Å². The van der Waals surface area contributed by atoms with Crippen molar-refractivity contribution in [2.75, 3.05) is 43.3 Å². The molecule has 0 bridgehead atoms. The van der Waals surface area contributed by atoms with Crippen LogP contribution in [0.3, 0.4) is 0 Å². The number of ether oxygens (including phenoxy) is 2. The average molecular weight is 371 g/mol. The largest absolute Gasteiger partial charge is 0.496 e. The number of hydrogen-bond donors (Lipinski definition) is 1. The van der Waals surface area contributed by atoms with E-state index in [9.17, 15) is 0 Å². The molecular formula is C19H30O3S2+2. The van der Waals surface area contributed by atoms with Gasteiger partial charge in [0.15, 0.2) is 0 Å². The molecule has 2 aliphatic heterocycles. The van der Waals surface area contributed by atoms with E-state index < -0.39 is 0 Å². The standard InChI is InChI=1S/C19H30O3S2/c1-21-18-12-17(15-24-10-4-5-11-24)19(22-7-6-20)13-16(18)14-23-8-2-3-9-23/h12-13,20H,2-11,14-15H2,1H3/q+2. The first-order valence-electron chi connectivity index (χ1n) is 9.02. The summed E-state index contributed by atoms with van der Waals surface area (Å²) in [4.78, 5) is 0. The molecule has 134 valence electrons. The molecule has 0 unspecified atom stereocenters. The van der Waals surface area contributed by atoms with Gasteiger partial charge in [0.2, 0.25) is 0 Å². The minimum Gasteiger partial charge on any atom is -0.496 e. The number of aliphatic hydroxyl groups is 1. The van der Waals surface area contributed by atoms with E-state index in [1.807, 2.05) is 0 Å². The van der Waals surface area contributed by atoms with Crippen molar-refractivity contribution in [3.05, 3.63) is 23.3 Å². The Morgan fingerprint density at radius 2 is 1.38 bits per heavy atom. The fraction of sp³-hybridized carbons (Fsp3) is 0.684. The van der Waals surface area contributed by atoms with Gasteiger partial charge < -0.3 is 14.6 Å². The zero-order valence-corrected chi connectivity index (χ0v) is 16.4. The third-order valence-electron chi connectivity index (χ3n) is 4.76. The summed E-state index contributed by atoms with van der Waals surface area (Å²) in [6, 6.07) is 4.42. The van der Waals surface area contributed by atoms with Crippen LogP contribution in [0.4, 0.5) is 0 Å². The van der Waals surface area contributed by atoms with Gasteiger partial charge >= 0.3 is 0 Å². The first-order valence-corrected chi connectivity index (χ1v) is 12.5. The lowest BCUT2D eigenvalue weighted by atomic mass is 10.1. The normalized spacial score (nSPS) is 19.1. The van der Waals surface area contributed by atoms with E-state index >= 15 is 0 Å². The monoisotopic (exact) mass is 370 g/mol. The summed E-state index contributed by atoms with van der Waals surface area (Å²) in [6.45, 7) is 0.440. The van der Waals surface area contributed by atoms with E-state index in [1.54, 1.807) is 7.11 Å². The van der Waals surface area contributed by atoms with Crippen molar-refractivity contribution in [2.45, 2.75) is 37.2 Å². The molecule has 0 spiro atoms. The highest BCUT2D eigenvalue weighted by Crippen LogP contribution is 2.34. The first-order chi connectivity index (χ1) is 11.8. The van der Waals surface area contributed by atoms with Crippen molar-refractivity contribution in [1.82, 2.24) is 0 Å². The molecular weight excluding hydrogens is 340 g/mol. The molecule has 2 aliphatic rings. The van der Waals surface area contributed by atoms with E-state index in [4.69, 9.17) is 14.6 Å². The summed E-state index contributed by atoms with van der Waals surface area (Å²) in [5.41, 5.74) is 2.55. The van der Waals surface area contributed by atoms with Gasteiger partial charge in [-0.2, -0.15) is 0 Å². The SMILES string of the molecule is COc1cc(C[S+]2CCCC2)c(OCCO)cc1C[S+]1CCCC1. The molecule has 0 amide bonds. The molecule has 0 aliphatic carbocycles. The Hall–Kier alpha value is -0.520. The van der Waals surface area contributed by atoms with E-state index in [-0.39, 0.29) is 6.61 Å². The quantitative estimate of drug-likeness (QED) is 0.715. The summed E-state index contributed by atoms with van der Waals surface area (Å²) < 4.78 is 11.6. The molecule has 0 saturated carbocycles. The van der Waals surface area contributed by atoms with Gasteiger partial charge in [-0.15, -0.1) is 0 Å². The molecule has 5 heteroatoms. The molecule has 3 nitrogen and oxygen atoms in total. The Labute approximate surface area is 151 Å². The molecule has 1 aromatic carbocycles. The molecule has 2 saturated heterocycles. The summed E-state index contributed by atoms with van der Waals surface area (Å²) >= 11 is 0. The lowest BCUT2D eigenvalue weighted by molar-refractivity contribution is 0.200. The van der Waals surface area contributed by atoms with E-state index in [0.29, 0.717) is 28.4 Å². The second-order valence-corrected chi connectivity index (χ2v) is 11.2. The molecule has 1 N–H and O–H groups in total. The van der Waals surface area contributed by atoms with Gasteiger partial charge in [-0.1, -0.05) is 0 Å². The maximum atomic E-state index is 9.16. The van der Waals surface area contributed by atoms with Gasteiger partial charge in [-0.3, -0.25) is 0 Å². The van der Waals surface area contributed by atoms with Crippen LogP contribution < -0.4 is 9.47 Å².